The van der Waals surface area contributed by atoms with Crippen LogP contribution in [0.4, 0.5) is 4.79 Å². The molecule has 90 valence electrons. The molecule has 1 aromatic rings. The molecule has 0 saturated heterocycles. The van der Waals surface area contributed by atoms with Crippen LogP contribution >= 0.6 is 15.9 Å². The minimum atomic E-state index is -1.12. The van der Waals surface area contributed by atoms with Crippen molar-refractivity contribution in [2.24, 2.45) is 0 Å². The normalized spacial score (nSPS) is 18.2. The van der Waals surface area contributed by atoms with E-state index in [1.165, 1.54) is 0 Å². The molecule has 2 N–H and O–H groups in total. The second-order valence-corrected chi connectivity index (χ2v) is 4.61. The Labute approximate surface area is 106 Å². The zero-order valence-electron chi connectivity index (χ0n) is 8.77. The number of hydrogen-bond acceptors (Lipinski definition) is 3. The molecule has 1 atom stereocenters. The Morgan fingerprint density at radius 2 is 2.35 bits per heavy atom. The molecule has 0 aliphatic carbocycles. The smallest absolute Gasteiger partial charge is 0.404 e. The van der Waals surface area contributed by atoms with Gasteiger partial charge in [-0.15, -0.1) is 0 Å². The lowest BCUT2D eigenvalue weighted by atomic mass is 10.0. The van der Waals surface area contributed by atoms with Crippen molar-refractivity contribution in [1.82, 2.24) is 5.32 Å². The van der Waals surface area contributed by atoms with Crippen LogP contribution in [-0.4, -0.2) is 29.6 Å². The lowest BCUT2D eigenvalue weighted by Gasteiger charge is -2.25. The molecule has 0 saturated carbocycles. The van der Waals surface area contributed by atoms with Gasteiger partial charge in [0.15, 0.2) is 5.78 Å². The van der Waals surface area contributed by atoms with Crippen LogP contribution < -0.4 is 10.1 Å². The third-order valence-electron chi connectivity index (χ3n) is 2.43. The highest BCUT2D eigenvalue weighted by Crippen LogP contribution is 2.29. The summed E-state index contributed by atoms with van der Waals surface area (Å²) >= 11 is 3.28. The lowest BCUT2D eigenvalue weighted by molar-refractivity contribution is 0.0846. The first-order valence-corrected chi connectivity index (χ1v) is 5.82. The van der Waals surface area contributed by atoms with Gasteiger partial charge in [-0.25, -0.2) is 4.79 Å². The van der Waals surface area contributed by atoms with Gasteiger partial charge in [-0.3, -0.25) is 4.79 Å². The number of halogens is 1. The number of amides is 1. The molecule has 0 fully saturated rings. The van der Waals surface area contributed by atoms with Crippen molar-refractivity contribution in [3.63, 3.8) is 0 Å². The van der Waals surface area contributed by atoms with Gasteiger partial charge in [0, 0.05) is 10.9 Å². The first kappa shape index (κ1) is 11.9. The van der Waals surface area contributed by atoms with Crippen molar-refractivity contribution < 1.29 is 19.4 Å². The number of carboxylic acid groups (broad SMARTS) is 1. The van der Waals surface area contributed by atoms with Crippen LogP contribution in [0.2, 0.25) is 0 Å². The van der Waals surface area contributed by atoms with E-state index < -0.39 is 12.2 Å². The lowest BCUT2D eigenvalue weighted by Crippen LogP contribution is -2.38. The van der Waals surface area contributed by atoms with Crippen LogP contribution in [-0.2, 0) is 0 Å². The maximum absolute atomic E-state index is 11.8. The maximum atomic E-state index is 11.8. The fourth-order valence-electron chi connectivity index (χ4n) is 1.68. The van der Waals surface area contributed by atoms with Crippen molar-refractivity contribution >= 4 is 27.8 Å². The van der Waals surface area contributed by atoms with E-state index in [4.69, 9.17) is 9.84 Å². The maximum Gasteiger partial charge on any atom is 0.404 e. The summed E-state index contributed by atoms with van der Waals surface area (Å²) in [5.74, 6) is 0.464. The molecular formula is C11H10BrNO4. The van der Waals surface area contributed by atoms with Gasteiger partial charge in [-0.2, -0.15) is 0 Å². The van der Waals surface area contributed by atoms with E-state index >= 15 is 0 Å². The molecule has 1 unspecified atom stereocenters. The summed E-state index contributed by atoms with van der Waals surface area (Å²) in [6.45, 7) is 0.108. The molecular weight excluding hydrogens is 290 g/mol. The molecule has 17 heavy (non-hydrogen) atoms. The number of ether oxygens (including phenoxy) is 1. The van der Waals surface area contributed by atoms with Crippen LogP contribution in [0.15, 0.2) is 22.7 Å². The molecule has 0 bridgehead atoms. The molecule has 6 heteroatoms. The highest BCUT2D eigenvalue weighted by molar-refractivity contribution is 9.10. The summed E-state index contributed by atoms with van der Waals surface area (Å²) in [4.78, 5) is 22.2. The zero-order chi connectivity index (χ0) is 12.4. The van der Waals surface area contributed by atoms with Crippen molar-refractivity contribution in [1.29, 1.82) is 0 Å². The van der Waals surface area contributed by atoms with Crippen molar-refractivity contribution in [2.75, 3.05) is 6.54 Å². The van der Waals surface area contributed by atoms with E-state index in [-0.39, 0.29) is 18.7 Å². The predicted molar refractivity (Wildman–Crippen MR) is 63.5 cm³/mol. The van der Waals surface area contributed by atoms with Crippen LogP contribution in [0.25, 0.3) is 0 Å². The minimum absolute atomic E-state index is 0.0373. The number of ketones is 1. The minimum Gasteiger partial charge on any atom is -0.487 e. The Kier molecular flexibility index (Phi) is 3.33. The second kappa shape index (κ2) is 4.75. The molecule has 2 rings (SSSR count). The number of fused-ring (bicyclic) bond motifs is 1. The zero-order valence-corrected chi connectivity index (χ0v) is 10.4. The molecule has 0 aromatic heterocycles. The summed E-state index contributed by atoms with van der Waals surface area (Å²) < 4.78 is 6.36. The molecule has 1 aromatic carbocycles. The van der Waals surface area contributed by atoms with E-state index in [9.17, 15) is 9.59 Å². The van der Waals surface area contributed by atoms with Crippen LogP contribution in [0.3, 0.4) is 0 Å². The average molecular weight is 300 g/mol. The number of carbonyl (C=O) groups excluding carboxylic acids is 1. The largest absolute Gasteiger partial charge is 0.487 e. The molecule has 0 spiro atoms. The van der Waals surface area contributed by atoms with Crippen LogP contribution in [0.1, 0.15) is 16.8 Å². The Bertz CT molecular complexity index is 475. The monoisotopic (exact) mass is 299 g/mol. The van der Waals surface area contributed by atoms with Gasteiger partial charge in [0.05, 0.1) is 12.1 Å². The average Bonchev–Trinajstić information content (AvgIpc) is 2.27. The van der Waals surface area contributed by atoms with Crippen molar-refractivity contribution in [3.05, 3.63) is 28.2 Å². The standard InChI is InChI=1S/C11H10BrNO4/c12-6-1-2-10-8(3-6)9(14)4-7(17-10)5-13-11(15)16/h1-3,7,13H,4-5H2,(H,15,16). The van der Waals surface area contributed by atoms with Crippen molar-refractivity contribution in [3.8, 4) is 5.75 Å². The number of carbonyl (C=O) groups is 2. The van der Waals surface area contributed by atoms with E-state index in [2.05, 4.69) is 21.2 Å². The topological polar surface area (TPSA) is 75.6 Å². The number of nitrogens with one attached hydrogen (secondary N) is 1. The van der Waals surface area contributed by atoms with E-state index in [0.717, 1.165) is 4.47 Å². The Morgan fingerprint density at radius 3 is 3.06 bits per heavy atom. The summed E-state index contributed by atoms with van der Waals surface area (Å²) in [7, 11) is 0. The fraction of sp³-hybridized carbons (Fsp3) is 0.273. The number of Topliss-reactive ketones (excluding diaryl/α,β-unsaturated/α-hetero) is 1. The number of hydrogen-bond donors (Lipinski definition) is 2. The highest BCUT2D eigenvalue weighted by Gasteiger charge is 2.26. The van der Waals surface area contributed by atoms with Gasteiger partial charge in [0.2, 0.25) is 0 Å². The summed E-state index contributed by atoms with van der Waals surface area (Å²) in [6, 6.07) is 5.18. The Balaban J connectivity index is 2.13. The number of rotatable bonds is 2. The Hall–Kier alpha value is -1.56. The molecule has 1 amide bonds. The van der Waals surface area contributed by atoms with E-state index in [0.29, 0.717) is 11.3 Å². The Morgan fingerprint density at radius 1 is 1.59 bits per heavy atom. The molecule has 5 nitrogen and oxygen atoms in total. The van der Waals surface area contributed by atoms with Gasteiger partial charge in [0.25, 0.3) is 0 Å². The SMILES string of the molecule is O=C(O)NCC1CC(=O)c2cc(Br)ccc2O1. The van der Waals surface area contributed by atoms with Crippen molar-refractivity contribution in [2.45, 2.75) is 12.5 Å². The molecule has 1 aliphatic rings. The first-order valence-electron chi connectivity index (χ1n) is 5.02. The molecule has 1 heterocycles. The van der Waals surface area contributed by atoms with Crippen LogP contribution in [0.5, 0.6) is 5.75 Å². The van der Waals surface area contributed by atoms with Gasteiger partial charge in [0.1, 0.15) is 11.9 Å². The predicted octanol–water partition coefficient (Wildman–Crippen LogP) is 2.05. The fourth-order valence-corrected chi connectivity index (χ4v) is 2.04. The second-order valence-electron chi connectivity index (χ2n) is 3.69. The number of benzene rings is 1. The highest BCUT2D eigenvalue weighted by atomic mass is 79.9. The first-order chi connectivity index (χ1) is 8.06. The third kappa shape index (κ3) is 2.76. The van der Waals surface area contributed by atoms with Crippen LogP contribution in [0, 0.1) is 0 Å². The summed E-state index contributed by atoms with van der Waals surface area (Å²) in [5.41, 5.74) is 0.533. The molecule has 0 radical (unpaired) electrons. The molecule has 1 aliphatic heterocycles. The van der Waals surface area contributed by atoms with Gasteiger partial charge in [-0.1, -0.05) is 15.9 Å². The summed E-state index contributed by atoms with van der Waals surface area (Å²) in [6.07, 6.45) is -1.38. The third-order valence-corrected chi connectivity index (χ3v) is 2.92. The van der Waals surface area contributed by atoms with E-state index in [1.54, 1.807) is 18.2 Å². The summed E-state index contributed by atoms with van der Waals surface area (Å²) in [5, 5.41) is 10.7. The van der Waals surface area contributed by atoms with Gasteiger partial charge >= 0.3 is 6.09 Å². The van der Waals surface area contributed by atoms with E-state index in [1.807, 2.05) is 0 Å². The quantitative estimate of drug-likeness (QED) is 0.876. The van der Waals surface area contributed by atoms with Gasteiger partial charge < -0.3 is 15.2 Å². The van der Waals surface area contributed by atoms with Gasteiger partial charge in [-0.05, 0) is 18.2 Å².